The first-order chi connectivity index (χ1) is 6.50. The molecule has 0 saturated heterocycles. The molecule has 0 atom stereocenters. The Morgan fingerprint density at radius 1 is 1.43 bits per heavy atom. The fraction of sp³-hybridized carbons (Fsp3) is 0.125. The summed E-state index contributed by atoms with van der Waals surface area (Å²) in [6.07, 6.45) is 0. The van der Waals surface area contributed by atoms with Gasteiger partial charge in [0, 0.05) is 0 Å². The van der Waals surface area contributed by atoms with E-state index in [0.717, 1.165) is 10.2 Å². The van der Waals surface area contributed by atoms with Gasteiger partial charge in [0.25, 0.3) is 10.1 Å². The zero-order valence-electron chi connectivity index (χ0n) is 7.26. The summed E-state index contributed by atoms with van der Waals surface area (Å²) in [5, 5.41) is 0. The van der Waals surface area contributed by atoms with Gasteiger partial charge in [-0.25, -0.2) is 4.98 Å². The molecule has 0 fully saturated rings. The molecule has 0 radical (unpaired) electrons. The van der Waals surface area contributed by atoms with E-state index in [1.807, 2.05) is 0 Å². The van der Waals surface area contributed by atoms with Gasteiger partial charge in [-0.3, -0.25) is 4.55 Å². The lowest BCUT2D eigenvalue weighted by Crippen LogP contribution is -2.00. The normalized spacial score (nSPS) is 12.1. The molecule has 2 aromatic rings. The molecule has 2 rings (SSSR count). The van der Waals surface area contributed by atoms with Crippen molar-refractivity contribution >= 4 is 31.7 Å². The number of thiazole rings is 1. The molecule has 74 valence electrons. The van der Waals surface area contributed by atoms with Gasteiger partial charge in [-0.2, -0.15) is 8.42 Å². The molecule has 1 N–H and O–H groups in total. The van der Waals surface area contributed by atoms with E-state index < -0.39 is 10.1 Å². The lowest BCUT2D eigenvalue weighted by atomic mass is 10.2. The molecule has 1 aromatic carbocycles. The van der Waals surface area contributed by atoms with Crippen molar-refractivity contribution in [3.63, 3.8) is 0 Å². The zero-order valence-corrected chi connectivity index (χ0v) is 8.89. The van der Waals surface area contributed by atoms with Crippen LogP contribution in [0, 0.1) is 6.92 Å². The van der Waals surface area contributed by atoms with Gasteiger partial charge in [-0.15, -0.1) is 11.3 Å². The van der Waals surface area contributed by atoms with Crippen LogP contribution in [-0.4, -0.2) is 18.0 Å². The molecule has 0 aliphatic rings. The van der Waals surface area contributed by atoms with E-state index in [0.29, 0.717) is 5.56 Å². The Hall–Kier alpha value is -0.980. The van der Waals surface area contributed by atoms with Crippen molar-refractivity contribution in [2.75, 3.05) is 0 Å². The summed E-state index contributed by atoms with van der Waals surface area (Å²) >= 11 is 1.36. The van der Waals surface area contributed by atoms with E-state index in [1.54, 1.807) is 18.5 Å². The van der Waals surface area contributed by atoms with Crippen LogP contribution in [0.4, 0.5) is 0 Å². The van der Waals surface area contributed by atoms with E-state index in [4.69, 9.17) is 4.55 Å². The van der Waals surface area contributed by atoms with Crippen molar-refractivity contribution in [3.05, 3.63) is 23.2 Å². The number of hydrogen-bond acceptors (Lipinski definition) is 4. The second-order valence-corrected chi connectivity index (χ2v) is 5.11. The molecule has 0 aliphatic heterocycles. The second kappa shape index (κ2) is 3.01. The molecule has 6 heteroatoms. The average Bonchev–Trinajstić information content (AvgIpc) is 2.50. The highest BCUT2D eigenvalue weighted by atomic mass is 32.2. The van der Waals surface area contributed by atoms with Gasteiger partial charge in [0.15, 0.2) is 0 Å². The summed E-state index contributed by atoms with van der Waals surface area (Å²) in [5.41, 5.74) is 2.94. The van der Waals surface area contributed by atoms with Crippen LogP contribution < -0.4 is 0 Å². The zero-order chi connectivity index (χ0) is 10.3. The molecule has 14 heavy (non-hydrogen) atoms. The molecule has 0 bridgehead atoms. The van der Waals surface area contributed by atoms with Gasteiger partial charge < -0.3 is 0 Å². The Morgan fingerprint density at radius 2 is 2.14 bits per heavy atom. The van der Waals surface area contributed by atoms with Crippen molar-refractivity contribution in [3.8, 4) is 0 Å². The summed E-state index contributed by atoms with van der Waals surface area (Å²) in [4.78, 5) is 4.00. The average molecular weight is 229 g/mol. The highest BCUT2D eigenvalue weighted by molar-refractivity contribution is 7.86. The molecule has 0 saturated carbocycles. The monoisotopic (exact) mass is 229 g/mol. The van der Waals surface area contributed by atoms with Crippen LogP contribution in [0.2, 0.25) is 0 Å². The predicted octanol–water partition coefficient (Wildman–Crippen LogP) is 1.85. The standard InChI is InChI=1S/C8H7NO3S2/c1-5-7(14(10,11)12)3-2-6-8(5)13-4-9-6/h2-4H,1H3,(H,10,11,12). The SMILES string of the molecule is Cc1c(S(=O)(=O)O)ccc2ncsc12. The maximum atomic E-state index is 11.0. The smallest absolute Gasteiger partial charge is 0.282 e. The molecule has 1 heterocycles. The summed E-state index contributed by atoms with van der Waals surface area (Å²) in [6.45, 7) is 1.66. The molecule has 0 spiro atoms. The molecule has 4 nitrogen and oxygen atoms in total. The van der Waals surface area contributed by atoms with Crippen LogP contribution in [0.25, 0.3) is 10.2 Å². The molecule has 0 unspecified atom stereocenters. The van der Waals surface area contributed by atoms with Crippen molar-refractivity contribution in [2.45, 2.75) is 11.8 Å². The Morgan fingerprint density at radius 3 is 2.79 bits per heavy atom. The molecular formula is C8H7NO3S2. The number of hydrogen-bond donors (Lipinski definition) is 1. The van der Waals surface area contributed by atoms with Crippen LogP contribution in [0.1, 0.15) is 5.56 Å². The minimum atomic E-state index is -4.12. The Balaban J connectivity index is 2.88. The number of aryl methyl sites for hydroxylation is 1. The Bertz CT molecular complexity index is 586. The first-order valence-corrected chi connectivity index (χ1v) is 6.12. The third-order valence-corrected chi connectivity index (χ3v) is 3.94. The number of nitrogens with zero attached hydrogens (tertiary/aromatic N) is 1. The van der Waals surface area contributed by atoms with Gasteiger partial charge in [-0.05, 0) is 24.6 Å². The van der Waals surface area contributed by atoms with Gasteiger partial charge in [0.05, 0.1) is 20.6 Å². The fourth-order valence-electron chi connectivity index (χ4n) is 1.33. The maximum absolute atomic E-state index is 11.0. The fourth-order valence-corrected chi connectivity index (χ4v) is 2.92. The van der Waals surface area contributed by atoms with Crippen molar-refractivity contribution in [1.82, 2.24) is 4.98 Å². The van der Waals surface area contributed by atoms with Gasteiger partial charge in [0.1, 0.15) is 0 Å². The lowest BCUT2D eigenvalue weighted by molar-refractivity contribution is 0.483. The van der Waals surface area contributed by atoms with E-state index in [1.165, 1.54) is 17.4 Å². The number of rotatable bonds is 1. The number of aromatic nitrogens is 1. The summed E-state index contributed by atoms with van der Waals surface area (Å²) in [5.74, 6) is 0. The third-order valence-electron chi connectivity index (χ3n) is 1.98. The maximum Gasteiger partial charge on any atom is 0.294 e. The van der Waals surface area contributed by atoms with Crippen LogP contribution in [0.3, 0.4) is 0 Å². The molecule has 0 aliphatic carbocycles. The van der Waals surface area contributed by atoms with Crippen LogP contribution in [-0.2, 0) is 10.1 Å². The van der Waals surface area contributed by atoms with Crippen molar-refractivity contribution in [1.29, 1.82) is 0 Å². The summed E-state index contributed by atoms with van der Waals surface area (Å²) in [7, 11) is -4.12. The van der Waals surface area contributed by atoms with Crippen molar-refractivity contribution < 1.29 is 13.0 Å². The lowest BCUT2D eigenvalue weighted by Gasteiger charge is -2.01. The van der Waals surface area contributed by atoms with Crippen LogP contribution >= 0.6 is 11.3 Å². The van der Waals surface area contributed by atoms with Gasteiger partial charge >= 0.3 is 0 Å². The topological polar surface area (TPSA) is 67.3 Å². The number of fused-ring (bicyclic) bond motifs is 1. The van der Waals surface area contributed by atoms with E-state index >= 15 is 0 Å². The first kappa shape index (κ1) is 9.57. The Labute approximate surface area is 85.0 Å². The largest absolute Gasteiger partial charge is 0.294 e. The summed E-state index contributed by atoms with van der Waals surface area (Å²) < 4.78 is 31.6. The molecule has 1 aromatic heterocycles. The Kier molecular flexibility index (Phi) is 2.06. The summed E-state index contributed by atoms with van der Waals surface area (Å²) in [6, 6.07) is 2.95. The number of benzene rings is 1. The van der Waals surface area contributed by atoms with Crippen molar-refractivity contribution in [2.24, 2.45) is 0 Å². The highest BCUT2D eigenvalue weighted by Gasteiger charge is 2.15. The van der Waals surface area contributed by atoms with Crippen LogP contribution in [0.15, 0.2) is 22.5 Å². The van der Waals surface area contributed by atoms with Crippen LogP contribution in [0.5, 0.6) is 0 Å². The van der Waals surface area contributed by atoms with E-state index in [9.17, 15) is 8.42 Å². The minimum absolute atomic E-state index is 0.0470. The van der Waals surface area contributed by atoms with Gasteiger partial charge in [0.2, 0.25) is 0 Å². The second-order valence-electron chi connectivity index (χ2n) is 2.86. The predicted molar refractivity (Wildman–Crippen MR) is 54.2 cm³/mol. The molecular weight excluding hydrogens is 222 g/mol. The van der Waals surface area contributed by atoms with E-state index in [2.05, 4.69) is 4.98 Å². The quantitative estimate of drug-likeness (QED) is 0.758. The third kappa shape index (κ3) is 1.41. The first-order valence-electron chi connectivity index (χ1n) is 3.80. The minimum Gasteiger partial charge on any atom is -0.282 e. The van der Waals surface area contributed by atoms with Gasteiger partial charge in [-0.1, -0.05) is 0 Å². The molecule has 0 amide bonds. The van der Waals surface area contributed by atoms with E-state index in [-0.39, 0.29) is 4.90 Å². The highest BCUT2D eigenvalue weighted by Crippen LogP contribution is 2.27.